The van der Waals surface area contributed by atoms with E-state index in [9.17, 15) is 9.59 Å². The van der Waals surface area contributed by atoms with Crippen LogP contribution < -0.4 is 10.1 Å². The van der Waals surface area contributed by atoms with Gasteiger partial charge in [0, 0.05) is 12.3 Å². The number of aliphatic carboxylic acids is 1. The molecule has 0 heterocycles. The molecule has 0 atom stereocenters. The number of nitrogens with one attached hydrogen (secondary N) is 1. The number of carbonyl (C=O) groups is 2. The van der Waals surface area contributed by atoms with Crippen LogP contribution in [0.5, 0.6) is 5.75 Å². The molecule has 0 aliphatic rings. The molecule has 0 radical (unpaired) electrons. The summed E-state index contributed by atoms with van der Waals surface area (Å²) < 4.78 is 5.42. The van der Waals surface area contributed by atoms with Crippen molar-refractivity contribution in [2.45, 2.75) is 26.2 Å². The second kappa shape index (κ2) is 8.68. The molecule has 0 saturated heterocycles. The number of ether oxygens (including phenoxy) is 1. The molecule has 22 heavy (non-hydrogen) atoms. The number of hydrogen-bond acceptors (Lipinski definition) is 4. The Morgan fingerprint density at radius 2 is 1.86 bits per heavy atom. The van der Waals surface area contributed by atoms with E-state index in [1.54, 1.807) is 0 Å². The molecule has 1 aromatic rings. The van der Waals surface area contributed by atoms with Crippen molar-refractivity contribution in [2.24, 2.45) is 0 Å². The molecule has 0 bridgehead atoms. The van der Waals surface area contributed by atoms with E-state index in [0.29, 0.717) is 18.0 Å². The van der Waals surface area contributed by atoms with Crippen LogP contribution in [-0.4, -0.2) is 41.6 Å². The normalized spacial score (nSPS) is 11.0. The predicted molar refractivity (Wildman–Crippen MR) is 88.6 cm³/mol. The first-order valence-corrected chi connectivity index (χ1v) is 8.24. The summed E-state index contributed by atoms with van der Waals surface area (Å²) in [5, 5.41) is 11.2. The van der Waals surface area contributed by atoms with Crippen LogP contribution >= 0.6 is 11.8 Å². The second-order valence-electron chi connectivity index (χ2n) is 5.86. The molecule has 1 aromatic carbocycles. The summed E-state index contributed by atoms with van der Waals surface area (Å²) in [6.45, 7) is 6.80. The Kier molecular flexibility index (Phi) is 7.24. The van der Waals surface area contributed by atoms with Crippen molar-refractivity contribution in [3.63, 3.8) is 0 Å². The minimum Gasteiger partial charge on any atom is -0.484 e. The van der Waals surface area contributed by atoms with Crippen molar-refractivity contribution >= 4 is 23.6 Å². The molecule has 1 rings (SSSR count). The Bertz CT molecular complexity index is 494. The maximum atomic E-state index is 11.6. The first-order chi connectivity index (χ1) is 10.3. The van der Waals surface area contributed by atoms with E-state index in [2.05, 4.69) is 26.1 Å². The number of hydrogen-bond donors (Lipinski definition) is 2. The number of carboxylic acids is 1. The maximum absolute atomic E-state index is 11.6. The standard InChI is InChI=1S/C16H23NO4S/c1-16(2,3)12-4-6-13(7-5-12)21-10-14(18)17-8-9-22-11-15(19)20/h4-7H,8-11H2,1-3H3,(H,17,18)(H,19,20). The molecule has 0 aromatic heterocycles. The van der Waals surface area contributed by atoms with Crippen molar-refractivity contribution in [3.8, 4) is 5.75 Å². The van der Waals surface area contributed by atoms with E-state index in [-0.39, 0.29) is 23.7 Å². The van der Waals surface area contributed by atoms with Crippen LogP contribution in [0.3, 0.4) is 0 Å². The van der Waals surface area contributed by atoms with Crippen LogP contribution in [0.1, 0.15) is 26.3 Å². The average Bonchev–Trinajstić information content (AvgIpc) is 2.44. The first kappa shape index (κ1) is 18.4. The largest absolute Gasteiger partial charge is 0.484 e. The van der Waals surface area contributed by atoms with Gasteiger partial charge in [0.2, 0.25) is 0 Å². The van der Waals surface area contributed by atoms with Crippen LogP contribution in [-0.2, 0) is 15.0 Å². The third-order valence-corrected chi connectivity index (χ3v) is 3.83. The molecular weight excluding hydrogens is 302 g/mol. The Balaban J connectivity index is 2.25. The van der Waals surface area contributed by atoms with Crippen molar-refractivity contribution < 1.29 is 19.4 Å². The van der Waals surface area contributed by atoms with Crippen LogP contribution in [0.4, 0.5) is 0 Å². The summed E-state index contributed by atoms with van der Waals surface area (Å²) in [6, 6.07) is 7.71. The lowest BCUT2D eigenvalue weighted by Crippen LogP contribution is -2.30. The zero-order chi connectivity index (χ0) is 16.6. The number of carboxylic acid groups (broad SMARTS) is 1. The predicted octanol–water partition coefficient (Wildman–Crippen LogP) is 2.30. The summed E-state index contributed by atoms with van der Waals surface area (Å²) in [5.74, 6) is 0.211. The monoisotopic (exact) mass is 325 g/mol. The van der Waals surface area contributed by atoms with Gasteiger partial charge in [-0.05, 0) is 23.1 Å². The number of benzene rings is 1. The molecule has 0 spiro atoms. The molecule has 2 N–H and O–H groups in total. The highest BCUT2D eigenvalue weighted by atomic mass is 32.2. The molecule has 0 aliphatic heterocycles. The van der Waals surface area contributed by atoms with Crippen molar-refractivity contribution in [2.75, 3.05) is 24.7 Å². The van der Waals surface area contributed by atoms with Gasteiger partial charge in [-0.1, -0.05) is 32.9 Å². The Labute approximate surface area is 135 Å². The second-order valence-corrected chi connectivity index (χ2v) is 6.96. The minimum absolute atomic E-state index is 0.0432. The number of carbonyl (C=O) groups excluding carboxylic acids is 1. The highest BCUT2D eigenvalue weighted by Gasteiger charge is 2.13. The summed E-state index contributed by atoms with van der Waals surface area (Å²) in [5.41, 5.74) is 1.29. The quantitative estimate of drug-likeness (QED) is 0.717. The highest BCUT2D eigenvalue weighted by molar-refractivity contribution is 7.99. The highest BCUT2D eigenvalue weighted by Crippen LogP contribution is 2.24. The topological polar surface area (TPSA) is 75.6 Å². The SMILES string of the molecule is CC(C)(C)c1ccc(OCC(=O)NCCSCC(=O)O)cc1. The lowest BCUT2D eigenvalue weighted by molar-refractivity contribution is -0.133. The van der Waals surface area contributed by atoms with Gasteiger partial charge in [-0.15, -0.1) is 11.8 Å². The van der Waals surface area contributed by atoms with E-state index in [0.717, 1.165) is 0 Å². The van der Waals surface area contributed by atoms with Crippen molar-refractivity contribution in [1.82, 2.24) is 5.32 Å². The fraction of sp³-hybridized carbons (Fsp3) is 0.500. The molecule has 0 unspecified atom stereocenters. The summed E-state index contributed by atoms with van der Waals surface area (Å²) in [7, 11) is 0. The fourth-order valence-electron chi connectivity index (χ4n) is 1.67. The Morgan fingerprint density at radius 1 is 1.23 bits per heavy atom. The van der Waals surface area contributed by atoms with Gasteiger partial charge in [-0.25, -0.2) is 0 Å². The molecule has 0 saturated carbocycles. The van der Waals surface area contributed by atoms with E-state index >= 15 is 0 Å². The van der Waals surface area contributed by atoms with Crippen LogP contribution in [0, 0.1) is 0 Å². The summed E-state index contributed by atoms with van der Waals surface area (Å²) in [4.78, 5) is 21.9. The van der Waals surface area contributed by atoms with E-state index in [4.69, 9.17) is 9.84 Å². The van der Waals surface area contributed by atoms with Gasteiger partial charge in [-0.2, -0.15) is 0 Å². The molecule has 5 nitrogen and oxygen atoms in total. The number of rotatable bonds is 8. The first-order valence-electron chi connectivity index (χ1n) is 7.08. The van der Waals surface area contributed by atoms with Crippen molar-refractivity contribution in [3.05, 3.63) is 29.8 Å². The van der Waals surface area contributed by atoms with Gasteiger partial charge in [-0.3, -0.25) is 9.59 Å². The van der Waals surface area contributed by atoms with Crippen LogP contribution in [0.15, 0.2) is 24.3 Å². The number of thioether (sulfide) groups is 1. The van der Waals surface area contributed by atoms with Crippen molar-refractivity contribution in [1.29, 1.82) is 0 Å². The lowest BCUT2D eigenvalue weighted by Gasteiger charge is -2.19. The minimum atomic E-state index is -0.849. The molecule has 6 heteroatoms. The molecular formula is C16H23NO4S. The molecule has 0 fully saturated rings. The third-order valence-electron chi connectivity index (χ3n) is 2.88. The van der Waals surface area contributed by atoms with Crippen LogP contribution in [0.25, 0.3) is 0 Å². The smallest absolute Gasteiger partial charge is 0.313 e. The summed E-state index contributed by atoms with van der Waals surface area (Å²) >= 11 is 1.27. The van der Waals surface area contributed by atoms with Gasteiger partial charge in [0.1, 0.15) is 5.75 Å². The Hall–Kier alpha value is -1.69. The molecule has 1 amide bonds. The van der Waals surface area contributed by atoms with E-state index < -0.39 is 5.97 Å². The summed E-state index contributed by atoms with van der Waals surface area (Å²) in [6.07, 6.45) is 0. The van der Waals surface area contributed by atoms with Crippen LogP contribution in [0.2, 0.25) is 0 Å². The zero-order valence-electron chi connectivity index (χ0n) is 13.2. The maximum Gasteiger partial charge on any atom is 0.313 e. The number of amides is 1. The van der Waals surface area contributed by atoms with Gasteiger partial charge >= 0.3 is 5.97 Å². The average molecular weight is 325 g/mol. The van der Waals surface area contributed by atoms with Gasteiger partial charge in [0.15, 0.2) is 6.61 Å². The molecule has 122 valence electrons. The Morgan fingerprint density at radius 3 is 2.41 bits per heavy atom. The molecule has 0 aliphatic carbocycles. The fourth-order valence-corrected chi connectivity index (χ4v) is 2.24. The third kappa shape index (κ3) is 7.36. The van der Waals surface area contributed by atoms with Gasteiger partial charge in [0.05, 0.1) is 5.75 Å². The van der Waals surface area contributed by atoms with Gasteiger partial charge in [0.25, 0.3) is 5.91 Å². The van der Waals surface area contributed by atoms with E-state index in [1.165, 1.54) is 17.3 Å². The van der Waals surface area contributed by atoms with E-state index in [1.807, 2.05) is 24.3 Å². The lowest BCUT2D eigenvalue weighted by atomic mass is 9.87. The zero-order valence-corrected chi connectivity index (χ0v) is 14.0. The van der Waals surface area contributed by atoms with Gasteiger partial charge < -0.3 is 15.2 Å².